The van der Waals surface area contributed by atoms with E-state index >= 15 is 0 Å². The summed E-state index contributed by atoms with van der Waals surface area (Å²) in [7, 11) is 0. The Hall–Kier alpha value is -1.81. The van der Waals surface area contributed by atoms with Crippen LogP contribution in [0.5, 0.6) is 5.75 Å². The molecule has 1 aromatic carbocycles. The lowest BCUT2D eigenvalue weighted by molar-refractivity contribution is 0.357. The number of fused-ring (bicyclic) bond motifs is 1. The molecule has 0 saturated carbocycles. The SMILES string of the molecule is CC(Nc1cncc(Cl)n1)c1ccc2c(c1)CCO2. The molecule has 3 rings (SSSR count). The highest BCUT2D eigenvalue weighted by atomic mass is 35.5. The highest BCUT2D eigenvalue weighted by Gasteiger charge is 2.14. The van der Waals surface area contributed by atoms with Gasteiger partial charge in [-0.3, -0.25) is 4.98 Å². The lowest BCUT2D eigenvalue weighted by Crippen LogP contribution is -2.08. The van der Waals surface area contributed by atoms with Crippen molar-refractivity contribution in [2.75, 3.05) is 11.9 Å². The van der Waals surface area contributed by atoms with Crippen LogP contribution in [0.25, 0.3) is 0 Å². The maximum atomic E-state index is 5.82. The molecule has 5 heteroatoms. The summed E-state index contributed by atoms with van der Waals surface area (Å²) in [6.07, 6.45) is 4.16. The number of hydrogen-bond donors (Lipinski definition) is 1. The Balaban J connectivity index is 1.78. The lowest BCUT2D eigenvalue weighted by Gasteiger charge is -2.15. The van der Waals surface area contributed by atoms with Gasteiger partial charge in [0, 0.05) is 6.42 Å². The molecule has 0 saturated heterocycles. The normalized spacial score (nSPS) is 14.6. The van der Waals surface area contributed by atoms with E-state index in [1.807, 2.05) is 6.07 Å². The van der Waals surface area contributed by atoms with Crippen LogP contribution in [0.15, 0.2) is 30.6 Å². The second-order valence-corrected chi connectivity index (χ2v) is 4.95. The van der Waals surface area contributed by atoms with Crippen LogP contribution in [0, 0.1) is 0 Å². The van der Waals surface area contributed by atoms with Crippen molar-refractivity contribution >= 4 is 17.4 Å². The molecule has 2 heterocycles. The van der Waals surface area contributed by atoms with Gasteiger partial charge in [0.15, 0.2) is 0 Å². The first-order valence-electron chi connectivity index (χ1n) is 6.22. The summed E-state index contributed by atoms with van der Waals surface area (Å²) in [5.74, 6) is 1.68. The van der Waals surface area contributed by atoms with Crippen LogP contribution in [0.3, 0.4) is 0 Å². The number of aromatic nitrogens is 2. The number of hydrogen-bond acceptors (Lipinski definition) is 4. The summed E-state index contributed by atoms with van der Waals surface area (Å²) in [5, 5.41) is 3.68. The van der Waals surface area contributed by atoms with Gasteiger partial charge >= 0.3 is 0 Å². The minimum absolute atomic E-state index is 0.138. The smallest absolute Gasteiger partial charge is 0.149 e. The molecular weight excluding hydrogens is 262 g/mol. The highest BCUT2D eigenvalue weighted by molar-refractivity contribution is 6.29. The Bertz CT molecular complexity index is 603. The summed E-state index contributed by atoms with van der Waals surface area (Å²) in [6.45, 7) is 2.86. The fourth-order valence-corrected chi connectivity index (χ4v) is 2.34. The zero-order valence-corrected chi connectivity index (χ0v) is 11.3. The summed E-state index contributed by atoms with van der Waals surface area (Å²) in [4.78, 5) is 8.19. The number of rotatable bonds is 3. The van der Waals surface area contributed by atoms with Crippen molar-refractivity contribution in [3.05, 3.63) is 46.9 Å². The summed E-state index contributed by atoms with van der Waals surface area (Å²) in [5.41, 5.74) is 2.47. The van der Waals surface area contributed by atoms with E-state index in [1.54, 1.807) is 6.20 Å². The van der Waals surface area contributed by atoms with Gasteiger partial charge in [0.25, 0.3) is 0 Å². The van der Waals surface area contributed by atoms with E-state index in [2.05, 4.69) is 34.3 Å². The van der Waals surface area contributed by atoms with Gasteiger partial charge in [-0.2, -0.15) is 0 Å². The van der Waals surface area contributed by atoms with Crippen LogP contribution in [-0.4, -0.2) is 16.6 Å². The molecule has 0 radical (unpaired) electrons. The minimum atomic E-state index is 0.138. The summed E-state index contributed by atoms with van der Waals surface area (Å²) in [6, 6.07) is 6.41. The van der Waals surface area contributed by atoms with Crippen molar-refractivity contribution in [1.29, 1.82) is 0 Å². The second-order valence-electron chi connectivity index (χ2n) is 4.56. The molecule has 0 spiro atoms. The predicted molar refractivity (Wildman–Crippen MR) is 74.7 cm³/mol. The standard InChI is InChI=1S/C14H14ClN3O/c1-9(17-14-8-16-7-13(15)18-14)10-2-3-12-11(6-10)4-5-19-12/h2-3,6-9H,4-5H2,1H3,(H,17,18). The monoisotopic (exact) mass is 275 g/mol. The highest BCUT2D eigenvalue weighted by Crippen LogP contribution is 2.29. The van der Waals surface area contributed by atoms with E-state index in [1.165, 1.54) is 17.3 Å². The van der Waals surface area contributed by atoms with E-state index in [4.69, 9.17) is 16.3 Å². The molecule has 4 nitrogen and oxygen atoms in total. The largest absolute Gasteiger partial charge is 0.493 e. The van der Waals surface area contributed by atoms with E-state index in [-0.39, 0.29) is 6.04 Å². The molecule has 1 unspecified atom stereocenters. The summed E-state index contributed by atoms with van der Waals surface area (Å²) >= 11 is 5.82. The molecule has 0 amide bonds. The quantitative estimate of drug-likeness (QED) is 0.934. The number of nitrogens with one attached hydrogen (secondary N) is 1. The molecule has 0 bridgehead atoms. The third-order valence-electron chi connectivity index (χ3n) is 3.18. The van der Waals surface area contributed by atoms with Gasteiger partial charge in [0.05, 0.1) is 25.0 Å². The average Bonchev–Trinajstić information content (AvgIpc) is 2.85. The van der Waals surface area contributed by atoms with Crippen LogP contribution >= 0.6 is 11.6 Å². The van der Waals surface area contributed by atoms with E-state index in [0.717, 1.165) is 18.8 Å². The van der Waals surface area contributed by atoms with Crippen LogP contribution in [0.1, 0.15) is 24.1 Å². The first-order valence-corrected chi connectivity index (χ1v) is 6.60. The number of halogens is 1. The Kier molecular flexibility index (Phi) is 3.25. The van der Waals surface area contributed by atoms with Gasteiger partial charge < -0.3 is 10.1 Å². The molecule has 98 valence electrons. The van der Waals surface area contributed by atoms with Gasteiger partial charge in [-0.05, 0) is 30.2 Å². The van der Waals surface area contributed by atoms with Crippen LogP contribution in [-0.2, 0) is 6.42 Å². The maximum absolute atomic E-state index is 5.82. The Morgan fingerprint density at radius 2 is 2.26 bits per heavy atom. The van der Waals surface area contributed by atoms with Crippen molar-refractivity contribution in [2.45, 2.75) is 19.4 Å². The minimum Gasteiger partial charge on any atom is -0.493 e. The number of anilines is 1. The van der Waals surface area contributed by atoms with Gasteiger partial charge in [-0.25, -0.2) is 4.98 Å². The predicted octanol–water partition coefficient (Wildman–Crippen LogP) is 3.24. The molecule has 0 fully saturated rings. The molecule has 1 aliphatic heterocycles. The van der Waals surface area contributed by atoms with E-state index < -0.39 is 0 Å². The average molecular weight is 276 g/mol. The first kappa shape index (κ1) is 12.2. The third-order valence-corrected chi connectivity index (χ3v) is 3.37. The maximum Gasteiger partial charge on any atom is 0.149 e. The van der Waals surface area contributed by atoms with Crippen LogP contribution < -0.4 is 10.1 Å². The van der Waals surface area contributed by atoms with Crippen molar-refractivity contribution in [3.63, 3.8) is 0 Å². The van der Waals surface area contributed by atoms with Crippen molar-refractivity contribution in [2.24, 2.45) is 0 Å². The third kappa shape index (κ3) is 2.63. The van der Waals surface area contributed by atoms with Crippen molar-refractivity contribution in [1.82, 2.24) is 9.97 Å². The Labute approximate surface area is 116 Å². The molecule has 19 heavy (non-hydrogen) atoms. The molecule has 1 aromatic heterocycles. The molecule has 0 aliphatic carbocycles. The van der Waals surface area contributed by atoms with Gasteiger partial charge in [0.2, 0.25) is 0 Å². The van der Waals surface area contributed by atoms with Gasteiger partial charge in [-0.15, -0.1) is 0 Å². The van der Waals surface area contributed by atoms with Crippen LogP contribution in [0.2, 0.25) is 5.15 Å². The lowest BCUT2D eigenvalue weighted by atomic mass is 10.0. The molecule has 2 aromatic rings. The first-order chi connectivity index (χ1) is 9.22. The van der Waals surface area contributed by atoms with E-state index in [0.29, 0.717) is 11.0 Å². The zero-order valence-electron chi connectivity index (χ0n) is 10.6. The van der Waals surface area contributed by atoms with Crippen molar-refractivity contribution in [3.8, 4) is 5.75 Å². The Morgan fingerprint density at radius 3 is 3.11 bits per heavy atom. The Morgan fingerprint density at radius 1 is 1.37 bits per heavy atom. The topological polar surface area (TPSA) is 47.0 Å². The van der Waals surface area contributed by atoms with Gasteiger partial charge in [0.1, 0.15) is 16.7 Å². The second kappa shape index (κ2) is 5.05. The molecular formula is C14H14ClN3O. The summed E-state index contributed by atoms with van der Waals surface area (Å²) < 4.78 is 5.51. The molecule has 1 N–H and O–H groups in total. The number of benzene rings is 1. The van der Waals surface area contributed by atoms with Crippen LogP contribution in [0.4, 0.5) is 5.82 Å². The van der Waals surface area contributed by atoms with Gasteiger partial charge in [-0.1, -0.05) is 17.7 Å². The molecule has 1 atom stereocenters. The van der Waals surface area contributed by atoms with Crippen molar-refractivity contribution < 1.29 is 4.74 Å². The van der Waals surface area contributed by atoms with E-state index in [9.17, 15) is 0 Å². The fourth-order valence-electron chi connectivity index (χ4n) is 2.19. The zero-order chi connectivity index (χ0) is 13.2. The number of nitrogens with zero attached hydrogens (tertiary/aromatic N) is 2. The fraction of sp³-hybridized carbons (Fsp3) is 0.286. The number of ether oxygens (including phenoxy) is 1. The molecule has 1 aliphatic rings.